The molecule has 0 fully saturated rings. The van der Waals surface area contributed by atoms with Crippen molar-refractivity contribution in [2.45, 2.75) is 33.2 Å². The highest BCUT2D eigenvalue weighted by Gasteiger charge is 2.21. The molecule has 0 aliphatic heterocycles. The van der Waals surface area contributed by atoms with Gasteiger partial charge in [-0.05, 0) is 32.0 Å². The van der Waals surface area contributed by atoms with Crippen LogP contribution in [0.1, 0.15) is 46.8 Å². The molecule has 11 heteroatoms. The minimum absolute atomic E-state index is 0.269. The van der Waals surface area contributed by atoms with E-state index in [9.17, 15) is 4.79 Å². The number of imidazole rings is 1. The van der Waals surface area contributed by atoms with Gasteiger partial charge in [0.2, 0.25) is 5.89 Å². The molecule has 5 aromatic heterocycles. The molecule has 0 aliphatic rings. The van der Waals surface area contributed by atoms with Gasteiger partial charge in [-0.2, -0.15) is 5.10 Å². The van der Waals surface area contributed by atoms with Crippen molar-refractivity contribution in [3.05, 3.63) is 59.1 Å². The number of H-pyrrole nitrogens is 1. The molecule has 1 atom stereocenters. The van der Waals surface area contributed by atoms with Crippen LogP contribution in [0.25, 0.3) is 27.7 Å². The number of nitrogens with zero attached hydrogens (tertiary/aromatic N) is 6. The monoisotopic (exact) mass is 448 g/mol. The molecule has 0 saturated carbocycles. The van der Waals surface area contributed by atoms with Gasteiger partial charge in [0.05, 0.1) is 33.9 Å². The van der Waals surface area contributed by atoms with Crippen LogP contribution in [0.15, 0.2) is 41.3 Å². The number of thiophene rings is 1. The van der Waals surface area contributed by atoms with Crippen LogP contribution < -0.4 is 5.32 Å². The lowest BCUT2D eigenvalue weighted by Crippen LogP contribution is -2.27. The van der Waals surface area contributed by atoms with Gasteiger partial charge in [-0.25, -0.2) is 9.97 Å². The van der Waals surface area contributed by atoms with Gasteiger partial charge >= 0.3 is 0 Å². The predicted octanol–water partition coefficient (Wildman–Crippen LogP) is 3.59. The Morgan fingerprint density at radius 3 is 2.88 bits per heavy atom. The number of pyridine rings is 1. The van der Waals surface area contributed by atoms with E-state index in [1.807, 2.05) is 24.3 Å². The number of hydrogen-bond acceptors (Lipinski definition) is 8. The Kier molecular flexibility index (Phi) is 5.02. The lowest BCUT2D eigenvalue weighted by atomic mass is 10.1. The van der Waals surface area contributed by atoms with Crippen LogP contribution in [0.3, 0.4) is 0 Å². The van der Waals surface area contributed by atoms with Gasteiger partial charge in [-0.15, -0.1) is 21.5 Å². The normalized spacial score (nSPS) is 12.3. The summed E-state index contributed by atoms with van der Waals surface area (Å²) in [6.07, 6.45) is 5.59. The molecule has 0 saturated heterocycles. The molecule has 5 aromatic rings. The summed E-state index contributed by atoms with van der Waals surface area (Å²) in [7, 11) is 0. The van der Waals surface area contributed by atoms with Crippen molar-refractivity contribution in [3.63, 3.8) is 0 Å². The van der Waals surface area contributed by atoms with E-state index in [-0.39, 0.29) is 11.9 Å². The van der Waals surface area contributed by atoms with E-state index in [2.05, 4.69) is 48.7 Å². The summed E-state index contributed by atoms with van der Waals surface area (Å²) in [5.74, 6) is 1.15. The molecule has 32 heavy (non-hydrogen) atoms. The fourth-order valence-electron chi connectivity index (χ4n) is 3.40. The maximum Gasteiger partial charge on any atom is 0.253 e. The second-order valence-corrected chi connectivity index (χ2v) is 8.60. The zero-order chi connectivity index (χ0) is 22.2. The van der Waals surface area contributed by atoms with Gasteiger partial charge in [0, 0.05) is 17.5 Å². The second kappa shape index (κ2) is 8.00. The van der Waals surface area contributed by atoms with Crippen LogP contribution in [-0.4, -0.2) is 40.7 Å². The van der Waals surface area contributed by atoms with Crippen molar-refractivity contribution >= 4 is 22.9 Å². The van der Waals surface area contributed by atoms with Crippen molar-refractivity contribution in [1.82, 2.24) is 40.1 Å². The first-order chi connectivity index (χ1) is 15.5. The second-order valence-electron chi connectivity index (χ2n) is 7.31. The summed E-state index contributed by atoms with van der Waals surface area (Å²) in [4.78, 5) is 24.1. The number of aromatic amines is 1. The summed E-state index contributed by atoms with van der Waals surface area (Å²) in [5.41, 5.74) is 2.55. The van der Waals surface area contributed by atoms with Crippen LogP contribution >= 0.6 is 11.3 Å². The number of rotatable bonds is 6. The number of hydrogen-bond donors (Lipinski definition) is 2. The number of aryl methyl sites for hydroxylation is 2. The first kappa shape index (κ1) is 20.1. The molecule has 0 aromatic carbocycles. The molecule has 162 valence electrons. The van der Waals surface area contributed by atoms with Gasteiger partial charge in [0.15, 0.2) is 0 Å². The van der Waals surface area contributed by atoms with Gasteiger partial charge in [0.25, 0.3) is 11.8 Å². The zero-order valence-corrected chi connectivity index (χ0v) is 18.5. The van der Waals surface area contributed by atoms with Gasteiger partial charge in [0.1, 0.15) is 17.8 Å². The number of nitrogens with one attached hydrogen (secondary N) is 2. The highest BCUT2D eigenvalue weighted by molar-refractivity contribution is 7.15. The molecular weight excluding hydrogens is 428 g/mol. The van der Waals surface area contributed by atoms with Crippen LogP contribution in [-0.2, 0) is 6.42 Å². The Labute approximate surface area is 186 Å². The minimum Gasteiger partial charge on any atom is -0.421 e. The van der Waals surface area contributed by atoms with E-state index in [0.29, 0.717) is 40.8 Å². The Morgan fingerprint density at radius 1 is 1.31 bits per heavy atom. The standard InChI is InChI=1S/C21H20N8O2S/c1-4-17-26-28-21(31-17)14-7-13(20(30)25-12(3)18-23-10-24-27-18)9-29-15(8-22-19(14)29)16-6-5-11(2)32-16/h5-10,12H,4H2,1-3H3,(H,25,30)(H,23,24,27)/t12-/m0/s1. The first-order valence-corrected chi connectivity index (χ1v) is 10.9. The highest BCUT2D eigenvalue weighted by atomic mass is 32.1. The smallest absolute Gasteiger partial charge is 0.253 e. The quantitative estimate of drug-likeness (QED) is 0.406. The number of aromatic nitrogens is 7. The lowest BCUT2D eigenvalue weighted by molar-refractivity contribution is 0.0938. The zero-order valence-electron chi connectivity index (χ0n) is 17.7. The van der Waals surface area contributed by atoms with E-state index >= 15 is 0 Å². The topological polar surface area (TPSA) is 127 Å². The van der Waals surface area contributed by atoms with Gasteiger partial charge in [-0.1, -0.05) is 6.92 Å². The maximum atomic E-state index is 13.1. The Hall–Kier alpha value is -3.86. The summed E-state index contributed by atoms with van der Waals surface area (Å²) < 4.78 is 7.69. The number of amides is 1. The first-order valence-electron chi connectivity index (χ1n) is 10.1. The molecule has 5 rings (SSSR count). The SMILES string of the molecule is CCc1nnc(-c2cc(C(=O)N[C@@H](C)c3ncn[nH]3)cn3c(-c4ccc(C)s4)cnc23)o1. The Bertz CT molecular complexity index is 1400. The molecule has 0 unspecified atom stereocenters. The van der Waals surface area contributed by atoms with Crippen molar-refractivity contribution in [1.29, 1.82) is 0 Å². The molecule has 5 heterocycles. The van der Waals surface area contributed by atoms with Crippen molar-refractivity contribution in [3.8, 4) is 22.0 Å². The van der Waals surface area contributed by atoms with Crippen molar-refractivity contribution < 1.29 is 9.21 Å². The summed E-state index contributed by atoms with van der Waals surface area (Å²) in [5, 5.41) is 17.8. The van der Waals surface area contributed by atoms with E-state index in [1.165, 1.54) is 11.2 Å². The molecule has 10 nitrogen and oxygen atoms in total. The van der Waals surface area contributed by atoms with E-state index in [0.717, 1.165) is 10.6 Å². The van der Waals surface area contributed by atoms with E-state index < -0.39 is 0 Å². The molecule has 1 amide bonds. The highest BCUT2D eigenvalue weighted by Crippen LogP contribution is 2.32. The molecular formula is C21H20N8O2S. The van der Waals surface area contributed by atoms with Gasteiger partial charge < -0.3 is 9.73 Å². The number of carbonyl (C=O) groups excluding carboxylic acids is 1. The fraction of sp³-hybridized carbons (Fsp3) is 0.238. The van der Waals surface area contributed by atoms with E-state index in [4.69, 9.17) is 4.42 Å². The van der Waals surface area contributed by atoms with E-state index in [1.54, 1.807) is 29.8 Å². The lowest BCUT2D eigenvalue weighted by Gasteiger charge is -2.12. The minimum atomic E-state index is -0.346. The molecule has 0 bridgehead atoms. The van der Waals surface area contributed by atoms with Crippen LogP contribution in [0.2, 0.25) is 0 Å². The Balaban J connectivity index is 1.62. The van der Waals surface area contributed by atoms with Crippen molar-refractivity contribution in [2.24, 2.45) is 0 Å². The molecule has 0 radical (unpaired) electrons. The van der Waals surface area contributed by atoms with Crippen LogP contribution in [0.5, 0.6) is 0 Å². The van der Waals surface area contributed by atoms with Crippen LogP contribution in [0, 0.1) is 6.92 Å². The Morgan fingerprint density at radius 2 is 2.19 bits per heavy atom. The largest absolute Gasteiger partial charge is 0.421 e. The third kappa shape index (κ3) is 3.56. The predicted molar refractivity (Wildman–Crippen MR) is 118 cm³/mol. The third-order valence-electron chi connectivity index (χ3n) is 5.05. The summed E-state index contributed by atoms with van der Waals surface area (Å²) in [6, 6.07) is 5.48. The average Bonchev–Trinajstić information content (AvgIpc) is 3.59. The molecule has 0 aliphatic carbocycles. The third-order valence-corrected chi connectivity index (χ3v) is 6.08. The summed E-state index contributed by atoms with van der Waals surface area (Å²) in [6.45, 7) is 5.83. The van der Waals surface area contributed by atoms with Crippen LogP contribution in [0.4, 0.5) is 0 Å². The maximum absolute atomic E-state index is 13.1. The average molecular weight is 449 g/mol. The number of fused-ring (bicyclic) bond motifs is 1. The fourth-order valence-corrected chi connectivity index (χ4v) is 4.28. The number of carbonyl (C=O) groups is 1. The summed E-state index contributed by atoms with van der Waals surface area (Å²) >= 11 is 1.66. The molecule has 2 N–H and O–H groups in total. The van der Waals surface area contributed by atoms with Gasteiger partial charge in [-0.3, -0.25) is 14.3 Å². The molecule has 0 spiro atoms. The van der Waals surface area contributed by atoms with Crippen molar-refractivity contribution in [2.75, 3.05) is 0 Å².